The van der Waals surface area contributed by atoms with E-state index >= 15 is 0 Å². The number of aromatic nitrogens is 1. The number of thioether (sulfide) groups is 1. The van der Waals surface area contributed by atoms with Crippen molar-refractivity contribution in [1.29, 1.82) is 0 Å². The molecular formula is C13H19ClN2O2S. The third kappa shape index (κ3) is 5.80. The van der Waals surface area contributed by atoms with Crippen LogP contribution in [0.15, 0.2) is 23.4 Å². The molecule has 1 N–H and O–H groups in total. The number of ether oxygens (including phenoxy) is 1. The number of hydrogen-bond donors (Lipinski definition) is 1. The molecule has 4 nitrogen and oxygen atoms in total. The monoisotopic (exact) mass is 302 g/mol. The Kier molecular flexibility index (Phi) is 7.86. The number of nitrogens with zero attached hydrogens (tertiary/aromatic N) is 1. The Morgan fingerprint density at radius 3 is 3.00 bits per heavy atom. The molecule has 1 aromatic heterocycles. The van der Waals surface area contributed by atoms with Crippen LogP contribution in [0.25, 0.3) is 0 Å². The molecule has 0 saturated heterocycles. The summed E-state index contributed by atoms with van der Waals surface area (Å²) in [6.07, 6.45) is 2.65. The van der Waals surface area contributed by atoms with Gasteiger partial charge in [-0.1, -0.05) is 18.5 Å². The minimum Gasteiger partial charge on any atom is -0.465 e. The Morgan fingerprint density at radius 1 is 1.58 bits per heavy atom. The fraction of sp³-hybridized carbons (Fsp3) is 0.538. The molecule has 0 bridgehead atoms. The van der Waals surface area contributed by atoms with E-state index < -0.39 is 0 Å². The lowest BCUT2D eigenvalue weighted by Crippen LogP contribution is -2.40. The maximum atomic E-state index is 11.8. The number of rotatable bonds is 8. The topological polar surface area (TPSA) is 51.2 Å². The van der Waals surface area contributed by atoms with E-state index in [4.69, 9.17) is 16.3 Å². The first-order valence-electron chi connectivity index (χ1n) is 6.32. The molecule has 1 aromatic rings. The second kappa shape index (κ2) is 9.18. The van der Waals surface area contributed by atoms with Gasteiger partial charge in [-0.25, -0.2) is 4.98 Å². The number of nitrogens with one attached hydrogen (secondary N) is 1. The highest BCUT2D eigenvalue weighted by molar-refractivity contribution is 7.99. The Labute approximate surface area is 123 Å². The van der Waals surface area contributed by atoms with Crippen LogP contribution in [0.3, 0.4) is 0 Å². The van der Waals surface area contributed by atoms with Crippen molar-refractivity contribution in [3.05, 3.63) is 23.4 Å². The molecule has 1 rings (SSSR count). The van der Waals surface area contributed by atoms with Crippen LogP contribution in [0.4, 0.5) is 0 Å². The molecule has 0 aliphatic rings. The molecule has 19 heavy (non-hydrogen) atoms. The first-order chi connectivity index (χ1) is 9.19. The minimum absolute atomic E-state index is 0.226. The molecule has 106 valence electrons. The lowest BCUT2D eigenvalue weighted by molar-refractivity contribution is -0.144. The summed E-state index contributed by atoms with van der Waals surface area (Å²) < 4.78 is 5.05. The first kappa shape index (κ1) is 16.3. The highest BCUT2D eigenvalue weighted by Gasteiger charge is 2.19. The quantitative estimate of drug-likeness (QED) is 0.591. The standard InChI is InChI=1S/C13H19ClN2O2S/c1-3-7-15-11(13(17)18-4-2)9-19-12-10(14)6-5-8-16-12/h5-6,8,11,15H,3-4,7,9H2,1-2H3. The van der Waals surface area contributed by atoms with Crippen molar-refractivity contribution in [2.45, 2.75) is 31.3 Å². The van der Waals surface area contributed by atoms with Crippen LogP contribution in [0, 0.1) is 0 Å². The van der Waals surface area contributed by atoms with Gasteiger partial charge in [-0.3, -0.25) is 4.79 Å². The number of esters is 1. The molecule has 1 unspecified atom stereocenters. The summed E-state index contributed by atoms with van der Waals surface area (Å²) in [5, 5.41) is 4.51. The van der Waals surface area contributed by atoms with Gasteiger partial charge < -0.3 is 10.1 Å². The Bertz CT molecular complexity index is 404. The van der Waals surface area contributed by atoms with Crippen molar-refractivity contribution in [3.63, 3.8) is 0 Å². The average molecular weight is 303 g/mol. The van der Waals surface area contributed by atoms with Gasteiger partial charge in [0.05, 0.1) is 11.6 Å². The summed E-state index contributed by atoms with van der Waals surface area (Å²) >= 11 is 7.49. The molecule has 0 radical (unpaired) electrons. The van der Waals surface area contributed by atoms with E-state index in [0.29, 0.717) is 17.4 Å². The number of halogens is 1. The molecule has 1 heterocycles. The number of carbonyl (C=O) groups is 1. The zero-order valence-electron chi connectivity index (χ0n) is 11.2. The van der Waals surface area contributed by atoms with Crippen molar-refractivity contribution in [1.82, 2.24) is 10.3 Å². The van der Waals surface area contributed by atoms with E-state index in [1.165, 1.54) is 11.8 Å². The predicted octanol–water partition coefficient (Wildman–Crippen LogP) is 2.76. The van der Waals surface area contributed by atoms with E-state index in [-0.39, 0.29) is 12.0 Å². The van der Waals surface area contributed by atoms with Crippen LogP contribution in [0.2, 0.25) is 5.02 Å². The molecule has 0 spiro atoms. The SMILES string of the molecule is CCCNC(CSc1ncccc1Cl)C(=O)OCC. The highest BCUT2D eigenvalue weighted by atomic mass is 35.5. The normalized spacial score (nSPS) is 12.2. The van der Waals surface area contributed by atoms with Crippen molar-refractivity contribution >= 4 is 29.3 Å². The highest BCUT2D eigenvalue weighted by Crippen LogP contribution is 2.24. The average Bonchev–Trinajstić information content (AvgIpc) is 2.41. The first-order valence-corrected chi connectivity index (χ1v) is 7.68. The van der Waals surface area contributed by atoms with Crippen LogP contribution in [-0.4, -0.2) is 35.9 Å². The summed E-state index contributed by atoms with van der Waals surface area (Å²) in [4.78, 5) is 16.0. The molecule has 0 amide bonds. The van der Waals surface area contributed by atoms with Gasteiger partial charge in [0.1, 0.15) is 11.1 Å². The van der Waals surface area contributed by atoms with Gasteiger partial charge >= 0.3 is 5.97 Å². The molecule has 0 saturated carbocycles. The summed E-state index contributed by atoms with van der Waals surface area (Å²) in [5.74, 6) is 0.325. The van der Waals surface area contributed by atoms with Crippen LogP contribution >= 0.6 is 23.4 Å². The Balaban J connectivity index is 2.57. The lowest BCUT2D eigenvalue weighted by Gasteiger charge is -2.16. The Morgan fingerprint density at radius 2 is 2.37 bits per heavy atom. The molecule has 0 aliphatic carbocycles. The van der Waals surface area contributed by atoms with Crippen LogP contribution in [0.1, 0.15) is 20.3 Å². The van der Waals surface area contributed by atoms with Crippen molar-refractivity contribution in [2.75, 3.05) is 18.9 Å². The maximum Gasteiger partial charge on any atom is 0.323 e. The molecule has 0 aromatic carbocycles. The van der Waals surface area contributed by atoms with Crippen molar-refractivity contribution in [2.24, 2.45) is 0 Å². The van der Waals surface area contributed by atoms with Gasteiger partial charge in [-0.15, -0.1) is 11.8 Å². The van der Waals surface area contributed by atoms with Crippen molar-refractivity contribution in [3.8, 4) is 0 Å². The lowest BCUT2D eigenvalue weighted by atomic mass is 10.3. The van der Waals surface area contributed by atoms with Crippen LogP contribution < -0.4 is 5.32 Å². The van der Waals surface area contributed by atoms with Gasteiger partial charge in [0.2, 0.25) is 0 Å². The molecular weight excluding hydrogens is 284 g/mol. The molecule has 6 heteroatoms. The van der Waals surface area contributed by atoms with Gasteiger partial charge in [-0.2, -0.15) is 0 Å². The zero-order chi connectivity index (χ0) is 14.1. The van der Waals surface area contributed by atoms with E-state index in [0.717, 1.165) is 18.0 Å². The van der Waals surface area contributed by atoms with Crippen molar-refractivity contribution < 1.29 is 9.53 Å². The predicted molar refractivity (Wildman–Crippen MR) is 78.7 cm³/mol. The maximum absolute atomic E-state index is 11.8. The molecule has 0 aliphatic heterocycles. The van der Waals surface area contributed by atoms with Gasteiger partial charge in [0.15, 0.2) is 0 Å². The van der Waals surface area contributed by atoms with Crippen LogP contribution in [0.5, 0.6) is 0 Å². The van der Waals surface area contributed by atoms with Gasteiger partial charge in [0, 0.05) is 11.9 Å². The van der Waals surface area contributed by atoms with Gasteiger partial charge in [-0.05, 0) is 32.0 Å². The van der Waals surface area contributed by atoms with E-state index in [1.54, 1.807) is 25.3 Å². The minimum atomic E-state index is -0.331. The Hall–Kier alpha value is -0.780. The fourth-order valence-corrected chi connectivity index (χ4v) is 2.62. The number of pyridine rings is 1. The van der Waals surface area contributed by atoms with E-state index in [2.05, 4.69) is 17.2 Å². The fourth-order valence-electron chi connectivity index (χ4n) is 1.41. The summed E-state index contributed by atoms with van der Waals surface area (Å²) in [6.45, 7) is 5.02. The summed E-state index contributed by atoms with van der Waals surface area (Å²) in [5.41, 5.74) is 0. The zero-order valence-corrected chi connectivity index (χ0v) is 12.8. The van der Waals surface area contributed by atoms with Gasteiger partial charge in [0.25, 0.3) is 0 Å². The third-order valence-corrected chi connectivity index (χ3v) is 3.84. The van der Waals surface area contributed by atoms with E-state index in [9.17, 15) is 4.79 Å². The summed E-state index contributed by atoms with van der Waals surface area (Å²) in [6, 6.07) is 3.24. The van der Waals surface area contributed by atoms with Crippen LogP contribution in [-0.2, 0) is 9.53 Å². The molecule has 1 atom stereocenters. The second-order valence-electron chi connectivity index (χ2n) is 3.86. The number of carbonyl (C=O) groups excluding carboxylic acids is 1. The smallest absolute Gasteiger partial charge is 0.323 e. The number of hydrogen-bond acceptors (Lipinski definition) is 5. The van der Waals surface area contributed by atoms with E-state index in [1.807, 2.05) is 0 Å². The third-order valence-electron chi connectivity index (χ3n) is 2.32. The largest absolute Gasteiger partial charge is 0.465 e. The second-order valence-corrected chi connectivity index (χ2v) is 5.28. The molecule has 0 fully saturated rings. The summed E-state index contributed by atoms with van der Waals surface area (Å²) in [7, 11) is 0.